The topological polar surface area (TPSA) is 54.5 Å². The SMILES string of the molecule is O=CN(Cc1ccccc1)[C@@H]1C=CS(=O)(=O)C1. The first-order valence-electron chi connectivity index (χ1n) is 5.27. The lowest BCUT2D eigenvalue weighted by atomic mass is 10.2. The molecule has 1 aromatic carbocycles. The zero-order valence-electron chi connectivity index (χ0n) is 9.19. The fourth-order valence-electron chi connectivity index (χ4n) is 1.79. The molecule has 0 unspecified atom stereocenters. The zero-order chi connectivity index (χ0) is 12.3. The number of nitrogens with zero attached hydrogens (tertiary/aromatic N) is 1. The molecule has 17 heavy (non-hydrogen) atoms. The fraction of sp³-hybridized carbons (Fsp3) is 0.250. The summed E-state index contributed by atoms with van der Waals surface area (Å²) in [6.07, 6.45) is 2.26. The van der Waals surface area contributed by atoms with Gasteiger partial charge in [-0.2, -0.15) is 0 Å². The van der Waals surface area contributed by atoms with Crippen LogP contribution < -0.4 is 0 Å². The maximum absolute atomic E-state index is 11.3. The van der Waals surface area contributed by atoms with E-state index in [0.717, 1.165) is 5.56 Å². The molecule has 1 aliphatic rings. The Balaban J connectivity index is 2.09. The minimum atomic E-state index is -3.12. The van der Waals surface area contributed by atoms with Crippen LogP contribution in [0.5, 0.6) is 0 Å². The summed E-state index contributed by atoms with van der Waals surface area (Å²) in [5.74, 6) is -0.0153. The largest absolute Gasteiger partial charge is 0.333 e. The number of rotatable bonds is 4. The van der Waals surface area contributed by atoms with Crippen molar-refractivity contribution in [2.24, 2.45) is 0 Å². The first-order valence-corrected chi connectivity index (χ1v) is 6.98. The van der Waals surface area contributed by atoms with Gasteiger partial charge >= 0.3 is 0 Å². The number of benzene rings is 1. The minimum absolute atomic E-state index is 0.0153. The number of carbonyl (C=O) groups is 1. The summed E-state index contributed by atoms with van der Waals surface area (Å²) in [6.45, 7) is 0.425. The standard InChI is InChI=1S/C12H13NO3S/c14-10-13(8-11-4-2-1-3-5-11)12-6-7-17(15,16)9-12/h1-7,10,12H,8-9H2/t12-/m1/s1. The van der Waals surface area contributed by atoms with Crippen LogP contribution in [0, 0.1) is 0 Å². The molecular weight excluding hydrogens is 238 g/mol. The second-order valence-corrected chi connectivity index (χ2v) is 5.92. The molecule has 0 spiro atoms. The van der Waals surface area contributed by atoms with Gasteiger partial charge < -0.3 is 4.90 Å². The van der Waals surface area contributed by atoms with Crippen LogP contribution in [-0.4, -0.2) is 31.5 Å². The molecule has 0 saturated carbocycles. The Labute approximate surface area is 100 Å². The number of sulfone groups is 1. The Morgan fingerprint density at radius 2 is 2.00 bits per heavy atom. The third-order valence-corrected chi connectivity index (χ3v) is 4.06. The van der Waals surface area contributed by atoms with Crippen molar-refractivity contribution in [1.29, 1.82) is 0 Å². The molecule has 0 fully saturated rings. The number of hydrogen-bond acceptors (Lipinski definition) is 3. The summed E-state index contributed by atoms with van der Waals surface area (Å²) in [6, 6.07) is 9.14. The van der Waals surface area contributed by atoms with Gasteiger partial charge in [0.2, 0.25) is 6.41 Å². The maximum Gasteiger partial charge on any atom is 0.210 e. The highest BCUT2D eigenvalue weighted by molar-refractivity contribution is 7.94. The normalized spacial score (nSPS) is 21.3. The summed E-state index contributed by atoms with van der Waals surface area (Å²) < 4.78 is 22.6. The Bertz CT molecular complexity index is 522. The van der Waals surface area contributed by atoms with Crippen molar-refractivity contribution < 1.29 is 13.2 Å². The van der Waals surface area contributed by atoms with E-state index in [0.29, 0.717) is 13.0 Å². The van der Waals surface area contributed by atoms with Gasteiger partial charge in [-0.25, -0.2) is 8.42 Å². The quantitative estimate of drug-likeness (QED) is 0.749. The molecule has 0 saturated heterocycles. The van der Waals surface area contributed by atoms with Gasteiger partial charge in [0.25, 0.3) is 0 Å². The Morgan fingerprint density at radius 1 is 1.29 bits per heavy atom. The second-order valence-electron chi connectivity index (χ2n) is 3.99. The van der Waals surface area contributed by atoms with Crippen molar-refractivity contribution in [3.05, 3.63) is 47.4 Å². The van der Waals surface area contributed by atoms with Crippen LogP contribution in [0.2, 0.25) is 0 Å². The van der Waals surface area contributed by atoms with E-state index >= 15 is 0 Å². The van der Waals surface area contributed by atoms with Crippen LogP contribution in [-0.2, 0) is 21.2 Å². The predicted octanol–water partition coefficient (Wildman–Crippen LogP) is 0.956. The highest BCUT2D eigenvalue weighted by Crippen LogP contribution is 2.15. The average molecular weight is 251 g/mol. The molecule has 1 aliphatic heterocycles. The average Bonchev–Trinajstić information content (AvgIpc) is 2.68. The molecule has 4 nitrogen and oxygen atoms in total. The summed E-state index contributed by atoms with van der Waals surface area (Å²) in [7, 11) is -3.12. The lowest BCUT2D eigenvalue weighted by molar-refractivity contribution is -0.119. The molecule has 0 N–H and O–H groups in total. The third-order valence-electron chi connectivity index (χ3n) is 2.68. The van der Waals surface area contributed by atoms with Gasteiger partial charge in [-0.3, -0.25) is 4.79 Å². The van der Waals surface area contributed by atoms with Gasteiger partial charge in [0.1, 0.15) is 0 Å². The van der Waals surface area contributed by atoms with E-state index in [1.54, 1.807) is 6.08 Å². The van der Waals surface area contributed by atoms with Gasteiger partial charge in [-0.15, -0.1) is 0 Å². The van der Waals surface area contributed by atoms with E-state index in [2.05, 4.69) is 0 Å². The van der Waals surface area contributed by atoms with E-state index < -0.39 is 9.84 Å². The molecule has 5 heteroatoms. The van der Waals surface area contributed by atoms with Gasteiger partial charge in [0.05, 0.1) is 11.8 Å². The van der Waals surface area contributed by atoms with Crippen LogP contribution in [0.1, 0.15) is 5.56 Å². The first kappa shape index (κ1) is 11.9. The van der Waals surface area contributed by atoms with E-state index in [1.807, 2.05) is 30.3 Å². The first-order chi connectivity index (χ1) is 8.11. The molecule has 1 amide bonds. The Hall–Kier alpha value is -1.62. The van der Waals surface area contributed by atoms with Crippen LogP contribution in [0.4, 0.5) is 0 Å². The van der Waals surface area contributed by atoms with Crippen molar-refractivity contribution in [2.45, 2.75) is 12.6 Å². The van der Waals surface area contributed by atoms with Crippen LogP contribution in [0.25, 0.3) is 0 Å². The highest BCUT2D eigenvalue weighted by atomic mass is 32.2. The Kier molecular flexibility index (Phi) is 3.28. The lowest BCUT2D eigenvalue weighted by Crippen LogP contribution is -2.34. The third kappa shape index (κ3) is 2.94. The molecule has 0 bridgehead atoms. The molecule has 0 aromatic heterocycles. The van der Waals surface area contributed by atoms with E-state index in [4.69, 9.17) is 0 Å². The summed E-state index contributed by atoms with van der Waals surface area (Å²) in [5, 5.41) is 1.18. The predicted molar refractivity (Wildman–Crippen MR) is 64.8 cm³/mol. The van der Waals surface area contributed by atoms with Crippen molar-refractivity contribution >= 4 is 16.2 Å². The highest BCUT2D eigenvalue weighted by Gasteiger charge is 2.26. The molecule has 1 aromatic rings. The molecule has 90 valence electrons. The molecule has 0 radical (unpaired) electrons. The summed E-state index contributed by atoms with van der Waals surface area (Å²) >= 11 is 0. The maximum atomic E-state index is 11.3. The van der Waals surface area contributed by atoms with Crippen LogP contribution >= 0.6 is 0 Å². The Morgan fingerprint density at radius 3 is 2.53 bits per heavy atom. The lowest BCUT2D eigenvalue weighted by Gasteiger charge is -2.22. The molecule has 2 rings (SSSR count). The van der Waals surface area contributed by atoms with E-state index in [9.17, 15) is 13.2 Å². The van der Waals surface area contributed by atoms with Crippen LogP contribution in [0.15, 0.2) is 41.8 Å². The summed E-state index contributed by atoms with van der Waals surface area (Å²) in [5.41, 5.74) is 0.984. The van der Waals surface area contributed by atoms with Crippen molar-refractivity contribution in [1.82, 2.24) is 4.90 Å². The fourth-order valence-corrected chi connectivity index (χ4v) is 3.10. The van der Waals surface area contributed by atoms with Gasteiger partial charge in [0, 0.05) is 12.0 Å². The summed E-state index contributed by atoms with van der Waals surface area (Å²) in [4.78, 5) is 12.5. The molecule has 1 atom stereocenters. The number of amides is 1. The van der Waals surface area contributed by atoms with Gasteiger partial charge in [0.15, 0.2) is 9.84 Å². The van der Waals surface area contributed by atoms with Crippen LogP contribution in [0.3, 0.4) is 0 Å². The van der Waals surface area contributed by atoms with E-state index in [-0.39, 0.29) is 11.8 Å². The molecule has 0 aliphatic carbocycles. The van der Waals surface area contributed by atoms with E-state index in [1.165, 1.54) is 10.3 Å². The second kappa shape index (κ2) is 4.71. The smallest absolute Gasteiger partial charge is 0.210 e. The van der Waals surface area contributed by atoms with Gasteiger partial charge in [-0.05, 0) is 11.6 Å². The minimum Gasteiger partial charge on any atom is -0.333 e. The number of hydrogen-bond donors (Lipinski definition) is 0. The number of carbonyl (C=O) groups excluding carboxylic acids is 1. The van der Waals surface area contributed by atoms with Crippen molar-refractivity contribution in [3.8, 4) is 0 Å². The molecule has 1 heterocycles. The monoisotopic (exact) mass is 251 g/mol. The molecular formula is C12H13NO3S. The van der Waals surface area contributed by atoms with Gasteiger partial charge in [-0.1, -0.05) is 30.3 Å². The van der Waals surface area contributed by atoms with Crippen molar-refractivity contribution in [3.63, 3.8) is 0 Å². The van der Waals surface area contributed by atoms with Crippen molar-refractivity contribution in [2.75, 3.05) is 5.75 Å². The zero-order valence-corrected chi connectivity index (χ0v) is 10.0.